The topological polar surface area (TPSA) is 82.7 Å². The summed E-state index contributed by atoms with van der Waals surface area (Å²) in [6.45, 7) is 7.01. The minimum Gasteiger partial charge on any atom is -0.396 e. The maximum Gasteiger partial charge on any atom is 0.332 e. The summed E-state index contributed by atoms with van der Waals surface area (Å²) in [7, 11) is 1.67. The number of aromatic nitrogens is 2. The summed E-state index contributed by atoms with van der Waals surface area (Å²) >= 11 is 6.07. The first kappa shape index (κ1) is 25.4. The van der Waals surface area contributed by atoms with E-state index in [9.17, 15) is 14.7 Å². The Balaban J connectivity index is 1.69. The lowest BCUT2D eigenvalue weighted by atomic mass is 9.98. The van der Waals surface area contributed by atoms with Crippen LogP contribution in [0.3, 0.4) is 0 Å². The maximum atomic E-state index is 13.2. The lowest BCUT2D eigenvalue weighted by Gasteiger charge is -2.32. The number of rotatable bonds is 6. The first-order chi connectivity index (χ1) is 16.8. The second kappa shape index (κ2) is 10.9. The molecule has 4 rings (SSSR count). The van der Waals surface area contributed by atoms with Gasteiger partial charge in [0, 0.05) is 31.8 Å². The molecule has 0 aliphatic carbocycles. The summed E-state index contributed by atoms with van der Waals surface area (Å²) in [6.07, 6.45) is 2.23. The Morgan fingerprint density at radius 1 is 1.20 bits per heavy atom. The van der Waals surface area contributed by atoms with Crippen LogP contribution in [0, 0.1) is 17.8 Å². The molecule has 3 heterocycles. The summed E-state index contributed by atoms with van der Waals surface area (Å²) in [5, 5.41) is 13.1. The van der Waals surface area contributed by atoms with E-state index in [0.717, 1.165) is 24.6 Å². The summed E-state index contributed by atoms with van der Waals surface area (Å²) in [6, 6.07) is 7.61. The SMILES string of the molecule is CC1CCN(C(C)C#CC2Nc3c(n(C)c(=O)n(CCCO)c3=O)N2Cc2ccc(Cl)cc2)CC1. The van der Waals surface area contributed by atoms with E-state index < -0.39 is 11.9 Å². The van der Waals surface area contributed by atoms with Gasteiger partial charge in [0.2, 0.25) is 0 Å². The average molecular weight is 500 g/mol. The summed E-state index contributed by atoms with van der Waals surface area (Å²) < 4.78 is 2.67. The molecule has 2 aliphatic heterocycles. The molecule has 2 aliphatic rings. The third kappa shape index (κ3) is 5.43. The first-order valence-electron chi connectivity index (χ1n) is 12.3. The van der Waals surface area contributed by atoms with Crippen LogP contribution in [0.25, 0.3) is 0 Å². The Bertz CT molecular complexity index is 1220. The van der Waals surface area contributed by atoms with Crippen molar-refractivity contribution < 1.29 is 5.11 Å². The molecule has 35 heavy (non-hydrogen) atoms. The second-order valence-electron chi connectivity index (χ2n) is 9.56. The lowest BCUT2D eigenvalue weighted by Crippen LogP contribution is -2.41. The van der Waals surface area contributed by atoms with E-state index in [2.05, 4.69) is 35.9 Å². The highest BCUT2D eigenvalue weighted by atomic mass is 35.5. The van der Waals surface area contributed by atoms with Crippen LogP contribution in [0.2, 0.25) is 5.02 Å². The van der Waals surface area contributed by atoms with Gasteiger partial charge in [-0.05, 0) is 62.9 Å². The Labute approximate surface area is 211 Å². The fraction of sp³-hybridized carbons (Fsp3) is 0.538. The lowest BCUT2D eigenvalue weighted by molar-refractivity contribution is 0.173. The Kier molecular flexibility index (Phi) is 7.90. The fourth-order valence-corrected chi connectivity index (χ4v) is 4.88. The summed E-state index contributed by atoms with van der Waals surface area (Å²) in [4.78, 5) is 30.6. The van der Waals surface area contributed by atoms with Crippen LogP contribution in [0.5, 0.6) is 0 Å². The molecular weight excluding hydrogens is 466 g/mol. The molecule has 1 fully saturated rings. The van der Waals surface area contributed by atoms with Crippen LogP contribution >= 0.6 is 11.6 Å². The van der Waals surface area contributed by atoms with Crippen LogP contribution in [0.15, 0.2) is 33.9 Å². The summed E-state index contributed by atoms with van der Waals surface area (Å²) in [5.41, 5.74) is 0.554. The van der Waals surface area contributed by atoms with Gasteiger partial charge in [-0.25, -0.2) is 4.79 Å². The van der Waals surface area contributed by atoms with Crippen molar-refractivity contribution in [3.05, 3.63) is 55.7 Å². The molecule has 0 spiro atoms. The number of aliphatic hydroxyl groups excluding tert-OH is 1. The van der Waals surface area contributed by atoms with Gasteiger partial charge in [-0.15, -0.1) is 0 Å². The molecule has 8 nitrogen and oxygen atoms in total. The molecule has 1 saturated heterocycles. The minimum atomic E-state index is -0.459. The number of hydrogen-bond acceptors (Lipinski definition) is 6. The number of benzene rings is 1. The normalized spacial score (nSPS) is 19.1. The molecule has 188 valence electrons. The van der Waals surface area contributed by atoms with Crippen LogP contribution < -0.4 is 21.5 Å². The highest BCUT2D eigenvalue weighted by molar-refractivity contribution is 6.30. The van der Waals surface area contributed by atoms with E-state index in [0.29, 0.717) is 29.5 Å². The quantitative estimate of drug-likeness (QED) is 0.594. The van der Waals surface area contributed by atoms with Crippen molar-refractivity contribution in [3.63, 3.8) is 0 Å². The zero-order chi connectivity index (χ0) is 25.1. The number of fused-ring (bicyclic) bond motifs is 1. The van der Waals surface area contributed by atoms with Gasteiger partial charge in [0.25, 0.3) is 5.56 Å². The largest absolute Gasteiger partial charge is 0.396 e. The van der Waals surface area contributed by atoms with E-state index in [1.54, 1.807) is 7.05 Å². The third-order valence-electron chi connectivity index (χ3n) is 6.98. The van der Waals surface area contributed by atoms with Crippen molar-refractivity contribution in [2.45, 2.75) is 58.4 Å². The zero-order valence-electron chi connectivity index (χ0n) is 20.6. The van der Waals surface area contributed by atoms with Gasteiger partial charge >= 0.3 is 5.69 Å². The Hall–Kier alpha value is -2.73. The number of nitrogens with zero attached hydrogens (tertiary/aromatic N) is 4. The van der Waals surface area contributed by atoms with Crippen molar-refractivity contribution in [3.8, 4) is 11.8 Å². The van der Waals surface area contributed by atoms with Gasteiger partial charge in [-0.2, -0.15) is 0 Å². The molecule has 2 atom stereocenters. The van der Waals surface area contributed by atoms with Crippen molar-refractivity contribution in [1.29, 1.82) is 0 Å². The monoisotopic (exact) mass is 499 g/mol. The number of halogens is 1. The molecule has 0 bridgehead atoms. The van der Waals surface area contributed by atoms with Crippen molar-refractivity contribution in [2.75, 3.05) is 29.9 Å². The van der Waals surface area contributed by atoms with E-state index in [4.69, 9.17) is 11.6 Å². The van der Waals surface area contributed by atoms with Crippen LogP contribution in [-0.2, 0) is 20.1 Å². The molecule has 1 aromatic carbocycles. The first-order valence-corrected chi connectivity index (χ1v) is 12.7. The molecule has 2 unspecified atom stereocenters. The predicted octanol–water partition coefficient (Wildman–Crippen LogP) is 2.46. The van der Waals surface area contributed by atoms with Gasteiger partial charge in [0.15, 0.2) is 6.17 Å². The maximum absolute atomic E-state index is 13.2. The van der Waals surface area contributed by atoms with E-state index >= 15 is 0 Å². The van der Waals surface area contributed by atoms with Gasteiger partial charge < -0.3 is 15.3 Å². The minimum absolute atomic E-state index is 0.0930. The van der Waals surface area contributed by atoms with Gasteiger partial charge in [0.1, 0.15) is 11.5 Å². The van der Waals surface area contributed by atoms with E-state index in [1.165, 1.54) is 22.0 Å². The molecule has 0 radical (unpaired) electrons. The van der Waals surface area contributed by atoms with Crippen molar-refractivity contribution in [2.24, 2.45) is 13.0 Å². The molecule has 2 N–H and O–H groups in total. The number of nitrogens with one attached hydrogen (secondary N) is 1. The Morgan fingerprint density at radius 2 is 1.89 bits per heavy atom. The van der Waals surface area contributed by atoms with Gasteiger partial charge in [-0.1, -0.05) is 42.5 Å². The average Bonchev–Trinajstić information content (AvgIpc) is 3.21. The van der Waals surface area contributed by atoms with E-state index in [1.807, 2.05) is 29.2 Å². The highest BCUT2D eigenvalue weighted by Gasteiger charge is 2.34. The molecular formula is C26H34ClN5O3. The summed E-state index contributed by atoms with van der Waals surface area (Å²) in [5.74, 6) is 8.01. The smallest absolute Gasteiger partial charge is 0.332 e. The highest BCUT2D eigenvalue weighted by Crippen LogP contribution is 2.32. The number of aliphatic hydroxyl groups is 1. The van der Waals surface area contributed by atoms with E-state index in [-0.39, 0.29) is 24.8 Å². The molecule has 1 aromatic heterocycles. The number of hydrogen-bond donors (Lipinski definition) is 2. The standard InChI is InChI=1S/C26H34ClN5O3/c1-18-11-14-30(15-12-18)19(2)5-10-22-28-23-24(32(22)17-20-6-8-21(27)9-7-20)29(3)26(35)31(25(23)34)13-4-16-33/h6-9,18-19,22,28,33H,4,11-17H2,1-3H3. The number of likely N-dealkylation sites (tertiary alicyclic amines) is 1. The Morgan fingerprint density at radius 3 is 2.54 bits per heavy atom. The van der Waals surface area contributed by atoms with Crippen LogP contribution in [0.4, 0.5) is 11.5 Å². The number of piperidine rings is 1. The molecule has 0 amide bonds. The second-order valence-corrected chi connectivity index (χ2v) is 9.99. The zero-order valence-corrected chi connectivity index (χ0v) is 21.4. The molecule has 9 heteroatoms. The predicted molar refractivity (Wildman–Crippen MR) is 140 cm³/mol. The number of anilines is 2. The van der Waals surface area contributed by atoms with Crippen LogP contribution in [0.1, 0.15) is 38.7 Å². The van der Waals surface area contributed by atoms with Crippen molar-refractivity contribution in [1.82, 2.24) is 14.0 Å². The molecule has 2 aromatic rings. The van der Waals surface area contributed by atoms with Gasteiger partial charge in [0.05, 0.1) is 6.04 Å². The van der Waals surface area contributed by atoms with Crippen molar-refractivity contribution >= 4 is 23.1 Å². The third-order valence-corrected chi connectivity index (χ3v) is 7.24. The fourth-order valence-electron chi connectivity index (χ4n) is 4.76. The van der Waals surface area contributed by atoms with Gasteiger partial charge in [-0.3, -0.25) is 18.8 Å². The van der Waals surface area contributed by atoms with Crippen LogP contribution in [-0.4, -0.2) is 51.0 Å². The molecule has 0 saturated carbocycles.